The van der Waals surface area contributed by atoms with Crippen molar-refractivity contribution in [2.24, 2.45) is 0 Å². The second-order valence-corrected chi connectivity index (χ2v) is 9.81. The summed E-state index contributed by atoms with van der Waals surface area (Å²) in [6, 6.07) is 11.1. The number of ether oxygens (including phenoxy) is 1. The zero-order chi connectivity index (χ0) is 28.6. The Labute approximate surface area is 235 Å². The van der Waals surface area contributed by atoms with Gasteiger partial charge >= 0.3 is 6.03 Å². The zero-order valence-electron chi connectivity index (χ0n) is 22.0. The number of amides is 3. The fourth-order valence-corrected chi connectivity index (χ4v) is 4.36. The largest absolute Gasteiger partial charge is 0.436 e. The van der Waals surface area contributed by atoms with Crippen LogP contribution < -0.4 is 20.7 Å². The van der Waals surface area contributed by atoms with Crippen molar-refractivity contribution in [3.63, 3.8) is 0 Å². The van der Waals surface area contributed by atoms with Gasteiger partial charge in [0.25, 0.3) is 0 Å². The predicted octanol–water partition coefficient (Wildman–Crippen LogP) is 4.16. The smallest absolute Gasteiger partial charge is 0.323 e. The monoisotopic (exact) mass is 569 g/mol. The van der Waals surface area contributed by atoms with Crippen molar-refractivity contribution in [2.75, 3.05) is 37.8 Å². The number of nitrogens with one attached hydrogen (secondary N) is 3. The highest BCUT2D eigenvalue weighted by atomic mass is 32.1. The van der Waals surface area contributed by atoms with Crippen molar-refractivity contribution < 1.29 is 23.1 Å². The molecule has 2 aromatic carbocycles. The molecule has 0 atom stereocenters. The van der Waals surface area contributed by atoms with Crippen LogP contribution in [0, 0.1) is 11.6 Å². The summed E-state index contributed by atoms with van der Waals surface area (Å²) in [4.78, 5) is 36.8. The van der Waals surface area contributed by atoms with Gasteiger partial charge in [0, 0.05) is 37.0 Å². The molecule has 10 nitrogen and oxygen atoms in total. The van der Waals surface area contributed by atoms with Crippen LogP contribution in [0.2, 0.25) is 0 Å². The molecule has 210 valence electrons. The van der Waals surface area contributed by atoms with Gasteiger partial charge in [-0.2, -0.15) is 0 Å². The summed E-state index contributed by atoms with van der Waals surface area (Å²) in [5, 5.41) is 7.94. The number of rotatable bonds is 7. The van der Waals surface area contributed by atoms with E-state index in [2.05, 4.69) is 30.8 Å². The van der Waals surface area contributed by atoms with E-state index < -0.39 is 17.5 Å². The van der Waals surface area contributed by atoms with Gasteiger partial charge < -0.3 is 25.2 Å². The van der Waals surface area contributed by atoms with Crippen LogP contribution in [0.5, 0.6) is 11.6 Å². The third-order valence-corrected chi connectivity index (χ3v) is 6.50. The molecule has 3 N–H and O–H groups in total. The van der Waals surface area contributed by atoms with E-state index in [0.29, 0.717) is 24.7 Å². The second-order valence-electron chi connectivity index (χ2n) is 9.41. The summed E-state index contributed by atoms with van der Waals surface area (Å²) < 4.78 is 33.3. The number of anilines is 2. The molecule has 0 unspecified atom stereocenters. The summed E-state index contributed by atoms with van der Waals surface area (Å²) in [5.74, 6) is -1.36. The van der Waals surface area contributed by atoms with Crippen molar-refractivity contribution in [2.45, 2.75) is 25.3 Å². The first-order valence-electron chi connectivity index (χ1n) is 12.5. The molecule has 0 radical (unpaired) electrons. The highest BCUT2D eigenvalue weighted by Crippen LogP contribution is 2.26. The van der Waals surface area contributed by atoms with Crippen molar-refractivity contribution in [1.29, 1.82) is 0 Å². The first-order chi connectivity index (χ1) is 19.2. The molecule has 1 fully saturated rings. The van der Waals surface area contributed by atoms with Gasteiger partial charge in [-0.15, -0.1) is 0 Å². The fourth-order valence-electron chi connectivity index (χ4n) is 4.13. The Hall–Kier alpha value is -4.23. The number of thiocarbonyl (C=S) groups is 1. The molecule has 3 aromatic rings. The number of hydrogen-bond acceptors (Lipinski definition) is 7. The minimum absolute atomic E-state index is 0.000432. The van der Waals surface area contributed by atoms with Crippen LogP contribution in [0.25, 0.3) is 0 Å². The van der Waals surface area contributed by atoms with Gasteiger partial charge in [0.2, 0.25) is 11.8 Å². The van der Waals surface area contributed by atoms with E-state index in [0.717, 1.165) is 18.9 Å². The average molecular weight is 570 g/mol. The van der Waals surface area contributed by atoms with Crippen molar-refractivity contribution in [1.82, 2.24) is 25.1 Å². The van der Waals surface area contributed by atoms with Crippen molar-refractivity contribution in [3.8, 4) is 11.6 Å². The predicted molar refractivity (Wildman–Crippen MR) is 150 cm³/mol. The van der Waals surface area contributed by atoms with Crippen LogP contribution in [0.4, 0.5) is 25.1 Å². The lowest BCUT2D eigenvalue weighted by Crippen LogP contribution is -2.46. The fraction of sp³-hybridized carbons (Fsp3) is 0.296. The minimum Gasteiger partial charge on any atom is -0.436 e. The molecule has 13 heteroatoms. The summed E-state index contributed by atoms with van der Waals surface area (Å²) in [6.45, 7) is 1.27. The zero-order valence-corrected chi connectivity index (χ0v) is 22.8. The maximum absolute atomic E-state index is 14.8. The van der Waals surface area contributed by atoms with E-state index in [-0.39, 0.29) is 40.7 Å². The second kappa shape index (κ2) is 13.2. The standard InChI is InChI=1S/C27H29F2N7O3S/c1-35(2)20-9-11-36(12-10-20)27(38)33-23-15-25(31-16-30-23)39-22-8-7-19(14-21(22)29)32-26(40)34-24(37)13-17-3-5-18(28)6-4-17/h3-8,14-16,20H,9-13H2,1-2H3,(H,30,31,33,38)(H2,32,34,37,40). The van der Waals surface area contributed by atoms with Gasteiger partial charge in [0.1, 0.15) is 18.0 Å². The molecule has 0 spiro atoms. The summed E-state index contributed by atoms with van der Waals surface area (Å²) in [7, 11) is 4.06. The van der Waals surface area contributed by atoms with Crippen LogP contribution in [0.1, 0.15) is 18.4 Å². The molecule has 4 rings (SSSR count). The number of nitrogens with zero attached hydrogens (tertiary/aromatic N) is 4. The maximum Gasteiger partial charge on any atom is 0.323 e. The number of piperidine rings is 1. The number of aromatic nitrogens is 2. The molecule has 2 heterocycles. The first kappa shape index (κ1) is 28.8. The van der Waals surface area contributed by atoms with Gasteiger partial charge in [-0.25, -0.2) is 23.5 Å². The van der Waals surface area contributed by atoms with Crippen LogP contribution in [-0.2, 0) is 11.2 Å². The third-order valence-electron chi connectivity index (χ3n) is 6.29. The summed E-state index contributed by atoms with van der Waals surface area (Å²) >= 11 is 5.13. The number of carbonyl (C=O) groups excluding carboxylic acids is 2. The van der Waals surface area contributed by atoms with E-state index >= 15 is 0 Å². The highest BCUT2D eigenvalue weighted by molar-refractivity contribution is 7.80. The van der Waals surface area contributed by atoms with Crippen LogP contribution >= 0.6 is 12.2 Å². The molecule has 1 saturated heterocycles. The van der Waals surface area contributed by atoms with Crippen LogP contribution in [0.15, 0.2) is 54.9 Å². The molecule has 3 amide bonds. The van der Waals surface area contributed by atoms with E-state index in [4.69, 9.17) is 17.0 Å². The lowest BCUT2D eigenvalue weighted by Gasteiger charge is -2.35. The number of benzene rings is 2. The molecule has 40 heavy (non-hydrogen) atoms. The lowest BCUT2D eigenvalue weighted by molar-refractivity contribution is -0.119. The number of urea groups is 1. The van der Waals surface area contributed by atoms with Gasteiger partial charge in [-0.1, -0.05) is 12.1 Å². The molecule has 0 bridgehead atoms. The number of likely N-dealkylation sites (tertiary alicyclic amines) is 1. The highest BCUT2D eigenvalue weighted by Gasteiger charge is 2.24. The van der Waals surface area contributed by atoms with Gasteiger partial charge in [-0.3, -0.25) is 10.1 Å². The number of carbonyl (C=O) groups is 2. The molecule has 1 aliphatic rings. The van der Waals surface area contributed by atoms with Crippen LogP contribution in [0.3, 0.4) is 0 Å². The Kier molecular flexibility index (Phi) is 9.51. The normalized spacial score (nSPS) is 13.6. The van der Waals surface area contributed by atoms with Crippen molar-refractivity contribution in [3.05, 3.63) is 72.1 Å². The van der Waals surface area contributed by atoms with E-state index in [1.165, 1.54) is 48.8 Å². The molecule has 1 aliphatic heterocycles. The van der Waals surface area contributed by atoms with E-state index in [1.54, 1.807) is 4.90 Å². The topological polar surface area (TPSA) is 112 Å². The lowest BCUT2D eigenvalue weighted by atomic mass is 10.0. The van der Waals surface area contributed by atoms with Crippen LogP contribution in [-0.4, -0.2) is 70.0 Å². The maximum atomic E-state index is 14.8. The Morgan fingerprint density at radius 2 is 1.77 bits per heavy atom. The van der Waals surface area contributed by atoms with Gasteiger partial charge in [0.05, 0.1) is 6.42 Å². The quantitative estimate of drug-likeness (QED) is 0.364. The van der Waals surface area contributed by atoms with Gasteiger partial charge in [0.15, 0.2) is 16.7 Å². The summed E-state index contributed by atoms with van der Waals surface area (Å²) in [6.07, 6.45) is 2.98. The molecular weight excluding hydrogens is 540 g/mol. The Bertz CT molecular complexity index is 1370. The molecule has 0 aliphatic carbocycles. The Morgan fingerprint density at radius 3 is 2.45 bits per heavy atom. The molecule has 0 saturated carbocycles. The van der Waals surface area contributed by atoms with E-state index in [9.17, 15) is 18.4 Å². The third kappa shape index (κ3) is 8.13. The number of halogens is 2. The molecule has 1 aromatic heterocycles. The van der Waals surface area contributed by atoms with Gasteiger partial charge in [-0.05, 0) is 69.0 Å². The molecular formula is C27H29F2N7O3S. The number of hydrogen-bond donors (Lipinski definition) is 3. The minimum atomic E-state index is -0.710. The summed E-state index contributed by atoms with van der Waals surface area (Å²) in [5.41, 5.74) is 0.900. The Balaban J connectivity index is 1.29. The SMILES string of the molecule is CN(C)C1CCN(C(=O)Nc2cc(Oc3ccc(NC(=S)NC(=O)Cc4ccc(F)cc4)cc3F)ncn2)CC1. The first-order valence-corrected chi connectivity index (χ1v) is 12.9. The Morgan fingerprint density at radius 1 is 1.05 bits per heavy atom. The average Bonchev–Trinajstić information content (AvgIpc) is 2.91. The van der Waals surface area contributed by atoms with E-state index in [1.807, 2.05) is 14.1 Å². The van der Waals surface area contributed by atoms with Crippen molar-refractivity contribution >= 4 is 40.8 Å².